The fourth-order valence-corrected chi connectivity index (χ4v) is 2.80. The number of carbonyl (C=O) groups excluding carboxylic acids is 1. The molecule has 0 aliphatic heterocycles. The molecule has 2 N–H and O–H groups in total. The lowest BCUT2D eigenvalue weighted by Gasteiger charge is -2.25. The Balaban J connectivity index is 2.00. The molecule has 1 heterocycles. The van der Waals surface area contributed by atoms with Crippen molar-refractivity contribution in [1.82, 2.24) is 15.0 Å². The van der Waals surface area contributed by atoms with Gasteiger partial charge in [0.15, 0.2) is 0 Å². The molecule has 7 nitrogen and oxygen atoms in total. The van der Waals surface area contributed by atoms with E-state index < -0.39 is 10.8 Å². The molecular formula is C16H23Cl2N5O2S. The smallest absolute Gasteiger partial charge is 0.371 e. The molecule has 1 aromatic rings. The average molecular weight is 420 g/mol. The summed E-state index contributed by atoms with van der Waals surface area (Å²) < 4.78 is 5.20. The van der Waals surface area contributed by atoms with Crippen LogP contribution in [0, 0.1) is 0 Å². The van der Waals surface area contributed by atoms with Crippen LogP contribution in [0.5, 0.6) is 0 Å². The van der Waals surface area contributed by atoms with Crippen molar-refractivity contribution in [2.45, 2.75) is 64.6 Å². The summed E-state index contributed by atoms with van der Waals surface area (Å²) in [5.41, 5.74) is -0.716. The first-order valence-corrected chi connectivity index (χ1v) is 10.0. The SMILES string of the molecule is CCC(C)OC(=O)S/C=C(/Cl)C(C)(C)Nc1nc(Cl)nc(NC2CC2)n1. The first-order valence-electron chi connectivity index (χ1n) is 8.39. The Kier molecular flexibility index (Phi) is 7.37. The van der Waals surface area contributed by atoms with Gasteiger partial charge in [0.05, 0.1) is 11.6 Å². The molecule has 26 heavy (non-hydrogen) atoms. The van der Waals surface area contributed by atoms with E-state index in [1.54, 1.807) is 5.41 Å². The van der Waals surface area contributed by atoms with Crippen LogP contribution in [0.15, 0.2) is 10.4 Å². The van der Waals surface area contributed by atoms with Crippen LogP contribution in [-0.4, -0.2) is 37.9 Å². The van der Waals surface area contributed by atoms with Crippen molar-refractivity contribution in [2.24, 2.45) is 0 Å². The highest BCUT2D eigenvalue weighted by atomic mass is 35.5. The zero-order chi connectivity index (χ0) is 19.3. The molecule has 0 radical (unpaired) electrons. The largest absolute Gasteiger partial charge is 0.454 e. The number of rotatable bonds is 8. The summed E-state index contributed by atoms with van der Waals surface area (Å²) >= 11 is 13.2. The number of nitrogens with one attached hydrogen (secondary N) is 2. The molecule has 1 atom stereocenters. The van der Waals surface area contributed by atoms with Gasteiger partial charge in [0.25, 0.3) is 0 Å². The third kappa shape index (κ3) is 6.81. The highest BCUT2D eigenvalue weighted by Gasteiger charge is 2.26. The maximum atomic E-state index is 11.8. The van der Waals surface area contributed by atoms with E-state index in [0.29, 0.717) is 23.0 Å². The van der Waals surface area contributed by atoms with E-state index in [-0.39, 0.29) is 11.4 Å². The predicted octanol–water partition coefficient (Wildman–Crippen LogP) is 5.04. The summed E-state index contributed by atoms with van der Waals surface area (Å²) in [6.07, 6.45) is 2.82. The fraction of sp³-hybridized carbons (Fsp3) is 0.625. The number of halogens is 2. The van der Waals surface area contributed by atoms with Gasteiger partial charge in [0, 0.05) is 11.1 Å². The van der Waals surface area contributed by atoms with Crippen LogP contribution in [0.4, 0.5) is 16.7 Å². The van der Waals surface area contributed by atoms with Crippen molar-refractivity contribution >= 4 is 52.2 Å². The topological polar surface area (TPSA) is 89.0 Å². The molecule has 0 bridgehead atoms. The van der Waals surface area contributed by atoms with Gasteiger partial charge in [-0.25, -0.2) is 4.79 Å². The van der Waals surface area contributed by atoms with Gasteiger partial charge in [0.1, 0.15) is 0 Å². The fourth-order valence-electron chi connectivity index (χ4n) is 1.74. The number of hydrogen-bond acceptors (Lipinski definition) is 8. The first-order chi connectivity index (χ1) is 12.2. The predicted molar refractivity (Wildman–Crippen MR) is 107 cm³/mol. The van der Waals surface area contributed by atoms with Crippen molar-refractivity contribution in [3.05, 3.63) is 15.7 Å². The van der Waals surface area contributed by atoms with Crippen molar-refractivity contribution < 1.29 is 9.53 Å². The lowest BCUT2D eigenvalue weighted by molar-refractivity contribution is 0.131. The van der Waals surface area contributed by atoms with Crippen LogP contribution in [0.1, 0.15) is 47.0 Å². The number of aromatic nitrogens is 3. The van der Waals surface area contributed by atoms with Crippen LogP contribution in [0.2, 0.25) is 5.28 Å². The summed E-state index contributed by atoms with van der Waals surface area (Å²) in [4.78, 5) is 24.2. The van der Waals surface area contributed by atoms with Gasteiger partial charge in [-0.3, -0.25) is 0 Å². The first kappa shape index (κ1) is 21.1. The number of hydrogen-bond donors (Lipinski definition) is 2. The normalized spacial score (nSPS) is 16.2. The van der Waals surface area contributed by atoms with E-state index in [2.05, 4.69) is 25.6 Å². The molecule has 1 saturated carbocycles. The third-order valence-corrected chi connectivity index (χ3v) is 5.19. The Bertz CT molecular complexity index is 683. The Morgan fingerprint density at radius 2 is 2.04 bits per heavy atom. The summed E-state index contributed by atoms with van der Waals surface area (Å²) in [6.45, 7) is 7.48. The van der Waals surface area contributed by atoms with E-state index in [1.807, 2.05) is 27.7 Å². The minimum atomic E-state index is -0.716. The molecular weight excluding hydrogens is 397 g/mol. The minimum Gasteiger partial charge on any atom is -0.454 e. The molecule has 1 aliphatic carbocycles. The van der Waals surface area contributed by atoms with Crippen molar-refractivity contribution in [1.29, 1.82) is 0 Å². The second-order valence-corrected chi connectivity index (χ2v) is 8.14. The zero-order valence-corrected chi connectivity index (χ0v) is 17.5. The zero-order valence-electron chi connectivity index (χ0n) is 15.2. The highest BCUT2D eigenvalue weighted by molar-refractivity contribution is 8.15. The Morgan fingerprint density at radius 1 is 1.38 bits per heavy atom. The molecule has 144 valence electrons. The van der Waals surface area contributed by atoms with Crippen LogP contribution in [-0.2, 0) is 4.74 Å². The molecule has 2 rings (SSSR count). The summed E-state index contributed by atoms with van der Waals surface area (Å²) in [5.74, 6) is 0.731. The molecule has 0 amide bonds. The number of carbonyl (C=O) groups is 1. The number of thioether (sulfide) groups is 1. The van der Waals surface area contributed by atoms with Gasteiger partial charge < -0.3 is 15.4 Å². The highest BCUT2D eigenvalue weighted by Crippen LogP contribution is 2.28. The maximum Gasteiger partial charge on any atom is 0.371 e. The Hall–Kier alpha value is -1.25. The number of ether oxygens (including phenoxy) is 1. The maximum absolute atomic E-state index is 11.8. The van der Waals surface area contributed by atoms with Crippen molar-refractivity contribution in [2.75, 3.05) is 10.6 Å². The molecule has 1 aromatic heterocycles. The van der Waals surface area contributed by atoms with E-state index in [1.165, 1.54) is 0 Å². The van der Waals surface area contributed by atoms with Crippen molar-refractivity contribution in [3.63, 3.8) is 0 Å². The lowest BCUT2D eigenvalue weighted by atomic mass is 10.1. The third-order valence-electron chi connectivity index (χ3n) is 3.67. The second-order valence-electron chi connectivity index (χ2n) is 6.59. The second kappa shape index (κ2) is 9.10. The van der Waals surface area contributed by atoms with Crippen LogP contribution in [0.25, 0.3) is 0 Å². The monoisotopic (exact) mass is 419 g/mol. The molecule has 1 fully saturated rings. The summed E-state index contributed by atoms with van der Waals surface area (Å²) in [7, 11) is 0. The van der Waals surface area contributed by atoms with E-state index >= 15 is 0 Å². The van der Waals surface area contributed by atoms with Gasteiger partial charge in [-0.1, -0.05) is 18.5 Å². The van der Waals surface area contributed by atoms with Gasteiger partial charge in [0.2, 0.25) is 17.2 Å². The molecule has 1 aliphatic rings. The van der Waals surface area contributed by atoms with Crippen LogP contribution < -0.4 is 10.6 Å². The standard InChI is InChI=1S/C16H23Cl2N5O2S/c1-5-9(2)25-15(24)26-8-11(17)16(3,4)23-14-21-12(18)20-13(22-14)19-10-6-7-10/h8-10H,5-7H2,1-4H3,(H2,19,20,21,22,23)/b11-8+. The molecule has 1 unspecified atom stereocenters. The van der Waals surface area contributed by atoms with Gasteiger partial charge >= 0.3 is 5.30 Å². The molecule has 0 aromatic carbocycles. The summed E-state index contributed by atoms with van der Waals surface area (Å²) in [6, 6.07) is 0.394. The van der Waals surface area contributed by atoms with Crippen LogP contribution in [0.3, 0.4) is 0 Å². The van der Waals surface area contributed by atoms with Gasteiger partial charge in [-0.2, -0.15) is 15.0 Å². The van der Waals surface area contributed by atoms with Gasteiger partial charge in [-0.05, 0) is 68.8 Å². The number of nitrogens with zero attached hydrogens (tertiary/aromatic N) is 3. The molecule has 0 saturated heterocycles. The Labute approximate surface area is 167 Å². The average Bonchev–Trinajstić information content (AvgIpc) is 3.35. The molecule has 0 spiro atoms. The molecule has 10 heteroatoms. The van der Waals surface area contributed by atoms with Crippen LogP contribution >= 0.6 is 35.0 Å². The van der Waals surface area contributed by atoms with E-state index in [9.17, 15) is 4.79 Å². The number of anilines is 2. The minimum absolute atomic E-state index is 0.0908. The van der Waals surface area contributed by atoms with E-state index in [0.717, 1.165) is 31.0 Å². The van der Waals surface area contributed by atoms with Gasteiger partial charge in [-0.15, -0.1) is 0 Å². The van der Waals surface area contributed by atoms with Crippen molar-refractivity contribution in [3.8, 4) is 0 Å². The quantitative estimate of drug-likeness (QED) is 0.566. The Morgan fingerprint density at radius 3 is 2.65 bits per heavy atom. The lowest BCUT2D eigenvalue weighted by Crippen LogP contribution is -2.32. The summed E-state index contributed by atoms with van der Waals surface area (Å²) in [5, 5.41) is 7.95. The van der Waals surface area contributed by atoms with E-state index in [4.69, 9.17) is 27.9 Å².